The maximum atomic E-state index is 13.3. The number of hydrogen-bond donors (Lipinski definition) is 3. The number of hydrogen-bond acceptors (Lipinski definition) is 7. The Kier molecular flexibility index (Phi) is 6.26. The molecule has 0 fully saturated rings. The second kappa shape index (κ2) is 9.67. The van der Waals surface area contributed by atoms with Crippen LogP contribution >= 0.6 is 15.9 Å². The lowest BCUT2D eigenvalue weighted by Gasteiger charge is -2.07. The number of benzene rings is 3. The van der Waals surface area contributed by atoms with Crippen molar-refractivity contribution in [3.8, 4) is 11.5 Å². The third kappa shape index (κ3) is 4.46. The summed E-state index contributed by atoms with van der Waals surface area (Å²) < 4.78 is 7.31. The van der Waals surface area contributed by atoms with E-state index in [0.29, 0.717) is 27.8 Å². The molecule has 3 aromatic carbocycles. The molecule has 4 N–H and O–H groups in total. The topological polar surface area (TPSA) is 128 Å². The predicted octanol–water partition coefficient (Wildman–Crippen LogP) is 4.46. The zero-order valence-electron chi connectivity index (χ0n) is 19.1. The summed E-state index contributed by atoms with van der Waals surface area (Å²) >= 11 is 3.39. The van der Waals surface area contributed by atoms with E-state index in [9.17, 15) is 9.90 Å². The van der Waals surface area contributed by atoms with Crippen LogP contribution in [0.5, 0.6) is 11.5 Å². The zero-order chi connectivity index (χ0) is 25.2. The van der Waals surface area contributed by atoms with E-state index in [-0.39, 0.29) is 23.7 Å². The molecule has 36 heavy (non-hydrogen) atoms. The second-order valence-electron chi connectivity index (χ2n) is 7.94. The fourth-order valence-electron chi connectivity index (χ4n) is 3.75. The molecule has 10 heteroatoms. The molecule has 1 amide bonds. The van der Waals surface area contributed by atoms with E-state index >= 15 is 0 Å². The van der Waals surface area contributed by atoms with Crippen molar-refractivity contribution < 1.29 is 14.6 Å². The Bertz CT molecular complexity index is 1630. The van der Waals surface area contributed by atoms with Crippen LogP contribution in [0, 0.1) is 0 Å². The lowest BCUT2D eigenvalue weighted by atomic mass is 10.2. The van der Waals surface area contributed by atoms with Crippen molar-refractivity contribution in [2.45, 2.75) is 6.54 Å². The van der Waals surface area contributed by atoms with Crippen molar-refractivity contribution in [2.75, 3.05) is 12.8 Å². The average molecular weight is 545 g/mol. The van der Waals surface area contributed by atoms with Crippen molar-refractivity contribution in [3.05, 3.63) is 87.9 Å². The Hall–Kier alpha value is -4.44. The minimum Gasteiger partial charge on any atom is -0.507 e. The number of ether oxygens (including phenoxy) is 1. The first-order valence-electron chi connectivity index (χ1n) is 11.0. The van der Waals surface area contributed by atoms with Gasteiger partial charge in [-0.3, -0.25) is 4.79 Å². The lowest BCUT2D eigenvalue weighted by Crippen LogP contribution is -2.23. The number of nitrogens with two attached hydrogens (primary N) is 1. The molecule has 2 heterocycles. The summed E-state index contributed by atoms with van der Waals surface area (Å²) in [5.41, 5.74) is 9.88. The number of amides is 1. The van der Waals surface area contributed by atoms with E-state index in [1.54, 1.807) is 25.3 Å². The summed E-state index contributed by atoms with van der Waals surface area (Å²) in [4.78, 5) is 22.6. The Labute approximate surface area is 214 Å². The molecule has 2 aromatic heterocycles. The van der Waals surface area contributed by atoms with Crippen LogP contribution in [0.2, 0.25) is 0 Å². The van der Waals surface area contributed by atoms with Gasteiger partial charge in [0.25, 0.3) is 5.91 Å². The smallest absolute Gasteiger partial charge is 0.257 e. The van der Waals surface area contributed by atoms with Gasteiger partial charge in [0, 0.05) is 16.6 Å². The van der Waals surface area contributed by atoms with Crippen LogP contribution < -0.4 is 15.8 Å². The molecule has 0 unspecified atom stereocenters. The normalized spacial score (nSPS) is 11.4. The zero-order valence-corrected chi connectivity index (χ0v) is 20.7. The number of anilines is 1. The number of nitrogen functional groups attached to an aromatic ring is 1. The van der Waals surface area contributed by atoms with Gasteiger partial charge in [-0.25, -0.2) is 9.97 Å². The van der Waals surface area contributed by atoms with Crippen LogP contribution in [0.15, 0.2) is 76.3 Å². The molecule has 0 radical (unpaired) electrons. The molecule has 0 aliphatic rings. The number of para-hydroxylation sites is 2. The first-order valence-corrected chi connectivity index (χ1v) is 11.7. The molecule has 0 saturated heterocycles. The highest BCUT2D eigenvalue weighted by molar-refractivity contribution is 9.10. The summed E-state index contributed by atoms with van der Waals surface area (Å²) in [6.07, 6.45) is 1.45. The number of carbonyl (C=O) groups is 1. The number of halogens is 1. The summed E-state index contributed by atoms with van der Waals surface area (Å²) in [7, 11) is 1.60. The first kappa shape index (κ1) is 23.3. The van der Waals surface area contributed by atoms with Crippen LogP contribution in [0.4, 0.5) is 5.82 Å². The van der Waals surface area contributed by atoms with Gasteiger partial charge in [-0.15, -0.1) is 0 Å². The molecule has 0 aliphatic heterocycles. The number of aromatic nitrogens is 3. The number of nitrogens with one attached hydrogen (secondary N) is 1. The number of carbonyl (C=O) groups excluding carboxylic acids is 1. The SMILES string of the molecule is COc1ccc(CNC(=O)c2c(N)n(N=Cc3cc(Br)ccc3O)c3nc4ccccc4nc23)cc1. The third-order valence-corrected chi connectivity index (χ3v) is 6.11. The van der Waals surface area contributed by atoms with Crippen molar-refractivity contribution in [1.82, 2.24) is 20.0 Å². The van der Waals surface area contributed by atoms with Crippen molar-refractivity contribution in [1.29, 1.82) is 0 Å². The third-order valence-electron chi connectivity index (χ3n) is 5.61. The highest BCUT2D eigenvalue weighted by Crippen LogP contribution is 2.28. The van der Waals surface area contributed by atoms with Gasteiger partial charge in [-0.05, 0) is 48.0 Å². The largest absolute Gasteiger partial charge is 0.507 e. The second-order valence-corrected chi connectivity index (χ2v) is 8.85. The molecule has 180 valence electrons. The van der Waals surface area contributed by atoms with Gasteiger partial charge in [0.05, 0.1) is 24.4 Å². The van der Waals surface area contributed by atoms with Gasteiger partial charge >= 0.3 is 0 Å². The van der Waals surface area contributed by atoms with Crippen molar-refractivity contribution >= 4 is 56.1 Å². The predicted molar refractivity (Wildman–Crippen MR) is 142 cm³/mol. The van der Waals surface area contributed by atoms with Crippen molar-refractivity contribution in [2.24, 2.45) is 5.10 Å². The number of phenolic OH excluding ortho intramolecular Hbond substituents is 1. The number of aromatic hydroxyl groups is 1. The van der Waals surface area contributed by atoms with E-state index in [4.69, 9.17) is 10.5 Å². The summed E-state index contributed by atoms with van der Waals surface area (Å²) in [6, 6.07) is 19.7. The van der Waals surface area contributed by atoms with Crippen molar-refractivity contribution in [3.63, 3.8) is 0 Å². The summed E-state index contributed by atoms with van der Waals surface area (Å²) in [6.45, 7) is 0.283. The minimum atomic E-state index is -0.405. The highest BCUT2D eigenvalue weighted by atomic mass is 79.9. The lowest BCUT2D eigenvalue weighted by molar-refractivity contribution is 0.0953. The molecule has 0 saturated carbocycles. The van der Waals surface area contributed by atoms with Gasteiger partial charge in [-0.1, -0.05) is 40.2 Å². The van der Waals surface area contributed by atoms with Gasteiger partial charge < -0.3 is 20.9 Å². The number of phenols is 1. The standard InChI is InChI=1S/C26H21BrN6O3/c1-36-18-9-6-15(7-10-18)13-29-26(35)22-23-25(32-20-5-3-2-4-19(20)31-23)33(24(22)28)30-14-16-12-17(27)8-11-21(16)34/h2-12,14,34H,13,28H2,1H3,(H,29,35). The number of nitrogens with zero attached hydrogens (tertiary/aromatic N) is 4. The summed E-state index contributed by atoms with van der Waals surface area (Å²) in [5, 5.41) is 17.5. The van der Waals surface area contributed by atoms with E-state index in [1.165, 1.54) is 10.9 Å². The molecular formula is C26H21BrN6O3. The fourth-order valence-corrected chi connectivity index (χ4v) is 4.13. The van der Waals surface area contributed by atoms with Crippen LogP contribution in [0.1, 0.15) is 21.5 Å². The number of methoxy groups -OCH3 is 1. The van der Waals surface area contributed by atoms with Crippen LogP contribution in [-0.2, 0) is 6.54 Å². The minimum absolute atomic E-state index is 0.0472. The van der Waals surface area contributed by atoms with Crippen LogP contribution in [-0.4, -0.2) is 39.0 Å². The molecule has 9 nitrogen and oxygen atoms in total. The average Bonchev–Trinajstić information content (AvgIpc) is 3.16. The van der Waals surface area contributed by atoms with E-state index in [2.05, 4.69) is 36.3 Å². The molecule has 5 rings (SSSR count). The van der Waals surface area contributed by atoms with Gasteiger partial charge in [0.1, 0.15) is 28.4 Å². The van der Waals surface area contributed by atoms with Gasteiger partial charge in [-0.2, -0.15) is 9.78 Å². The Morgan fingerprint density at radius 1 is 1.14 bits per heavy atom. The molecule has 0 bridgehead atoms. The molecule has 5 aromatic rings. The number of fused-ring (bicyclic) bond motifs is 2. The highest BCUT2D eigenvalue weighted by Gasteiger charge is 2.24. The Morgan fingerprint density at radius 2 is 1.86 bits per heavy atom. The van der Waals surface area contributed by atoms with Crippen LogP contribution in [0.3, 0.4) is 0 Å². The van der Waals surface area contributed by atoms with E-state index in [0.717, 1.165) is 15.8 Å². The monoisotopic (exact) mass is 544 g/mol. The van der Waals surface area contributed by atoms with E-state index < -0.39 is 5.91 Å². The molecular weight excluding hydrogens is 524 g/mol. The number of rotatable bonds is 6. The maximum absolute atomic E-state index is 13.3. The molecule has 0 spiro atoms. The first-order chi connectivity index (χ1) is 17.4. The van der Waals surface area contributed by atoms with Crippen LogP contribution in [0.25, 0.3) is 22.2 Å². The Morgan fingerprint density at radius 3 is 2.58 bits per heavy atom. The Balaban J connectivity index is 1.57. The van der Waals surface area contributed by atoms with Gasteiger partial charge in [0.2, 0.25) is 0 Å². The van der Waals surface area contributed by atoms with E-state index in [1.807, 2.05) is 48.5 Å². The summed E-state index contributed by atoms with van der Waals surface area (Å²) in [5.74, 6) is 0.454. The quantitative estimate of drug-likeness (QED) is 0.271. The maximum Gasteiger partial charge on any atom is 0.257 e. The fraction of sp³-hybridized carbons (Fsp3) is 0.0769. The molecule has 0 atom stereocenters. The molecule has 0 aliphatic carbocycles. The van der Waals surface area contributed by atoms with Gasteiger partial charge in [0.15, 0.2) is 5.65 Å².